The number of hydrogen-bond donors (Lipinski definition) is 1. The minimum absolute atomic E-state index is 0.215. The van der Waals surface area contributed by atoms with Crippen molar-refractivity contribution >= 4 is 7.48 Å². The van der Waals surface area contributed by atoms with Gasteiger partial charge in [0.25, 0.3) is 7.48 Å². The highest BCUT2D eigenvalue weighted by atomic mass is 16.2. The van der Waals surface area contributed by atoms with Crippen LogP contribution in [0.15, 0.2) is 11.5 Å². The minimum atomic E-state index is 0.215. The normalized spacial score (nSPS) is 9.67. The van der Waals surface area contributed by atoms with E-state index in [1.54, 1.807) is 0 Å². The molecule has 0 saturated heterocycles. The summed E-state index contributed by atoms with van der Waals surface area (Å²) in [4.78, 5) is 0. The van der Waals surface area contributed by atoms with Crippen LogP contribution in [0.1, 0.15) is 34.1 Å². The third kappa shape index (κ3) is 7.76. The van der Waals surface area contributed by atoms with Gasteiger partial charge in [0.1, 0.15) is 0 Å². The third-order valence-electron chi connectivity index (χ3n) is 1.07. The second-order valence-electron chi connectivity index (χ2n) is 1.46. The van der Waals surface area contributed by atoms with Crippen LogP contribution in [0.5, 0.6) is 0 Å². The van der Waals surface area contributed by atoms with E-state index in [1.165, 1.54) is 0 Å². The van der Waals surface area contributed by atoms with Crippen molar-refractivity contribution in [1.82, 2.24) is 0 Å². The van der Waals surface area contributed by atoms with E-state index in [-0.39, 0.29) is 7.48 Å². The van der Waals surface area contributed by atoms with Gasteiger partial charge in [0.05, 0.1) is 0 Å². The summed E-state index contributed by atoms with van der Waals surface area (Å²) in [5.41, 5.74) is 1.11. The second-order valence-corrected chi connectivity index (χ2v) is 1.46. The standard InChI is InChI=1S/C5H11BO.C2H6/c1-3-5(4-2)6-7;1-2/h3,6-7H,4H2,1-2H3;1-2H3/b5-3+;. The van der Waals surface area contributed by atoms with Gasteiger partial charge < -0.3 is 5.02 Å². The zero-order valence-corrected chi connectivity index (χ0v) is 6.94. The monoisotopic (exact) mass is 128 g/mol. The summed E-state index contributed by atoms with van der Waals surface area (Å²) in [5.74, 6) is 0. The summed E-state index contributed by atoms with van der Waals surface area (Å²) >= 11 is 0. The van der Waals surface area contributed by atoms with Crippen LogP contribution in [0.3, 0.4) is 0 Å². The molecule has 2 heteroatoms. The molecular formula is C7H17BO. The average Bonchev–Trinajstić information content (AvgIpc) is 1.96. The molecule has 54 valence electrons. The van der Waals surface area contributed by atoms with E-state index >= 15 is 0 Å². The Morgan fingerprint density at radius 1 is 1.56 bits per heavy atom. The number of hydrogen-bond acceptors (Lipinski definition) is 1. The lowest BCUT2D eigenvalue weighted by molar-refractivity contribution is 0.608. The molecule has 9 heavy (non-hydrogen) atoms. The fraction of sp³-hybridized carbons (Fsp3) is 0.714. The lowest BCUT2D eigenvalue weighted by atomic mass is 9.86. The first-order chi connectivity index (χ1) is 4.35. The van der Waals surface area contributed by atoms with Crippen LogP contribution in [0.2, 0.25) is 0 Å². The molecule has 0 amide bonds. The molecule has 0 heterocycles. The molecule has 1 nitrogen and oxygen atoms in total. The molecule has 0 atom stereocenters. The molecule has 0 spiro atoms. The van der Waals surface area contributed by atoms with E-state index in [9.17, 15) is 0 Å². The highest BCUT2D eigenvalue weighted by Gasteiger charge is 1.87. The molecule has 0 fully saturated rings. The number of rotatable bonds is 2. The van der Waals surface area contributed by atoms with Gasteiger partial charge in [-0.1, -0.05) is 32.3 Å². The van der Waals surface area contributed by atoms with Crippen LogP contribution in [0.25, 0.3) is 0 Å². The van der Waals surface area contributed by atoms with Gasteiger partial charge in [0, 0.05) is 0 Å². The Hall–Kier alpha value is -0.235. The quantitative estimate of drug-likeness (QED) is 0.560. The summed E-state index contributed by atoms with van der Waals surface area (Å²) in [7, 11) is 0.215. The molecular weight excluding hydrogens is 111 g/mol. The zero-order chi connectivity index (χ0) is 7.70. The van der Waals surface area contributed by atoms with E-state index in [0.29, 0.717) is 0 Å². The predicted octanol–water partition coefficient (Wildman–Crippen LogP) is 1.67. The van der Waals surface area contributed by atoms with Crippen molar-refractivity contribution in [3.05, 3.63) is 11.5 Å². The Balaban J connectivity index is 0. The van der Waals surface area contributed by atoms with Crippen LogP contribution >= 0.6 is 0 Å². The highest BCUT2D eigenvalue weighted by molar-refractivity contribution is 6.36. The van der Waals surface area contributed by atoms with Crippen molar-refractivity contribution in [2.24, 2.45) is 0 Å². The van der Waals surface area contributed by atoms with Crippen LogP contribution < -0.4 is 0 Å². The third-order valence-corrected chi connectivity index (χ3v) is 1.07. The van der Waals surface area contributed by atoms with E-state index in [2.05, 4.69) is 0 Å². The van der Waals surface area contributed by atoms with E-state index in [0.717, 1.165) is 11.9 Å². The van der Waals surface area contributed by atoms with Crippen molar-refractivity contribution in [1.29, 1.82) is 0 Å². The van der Waals surface area contributed by atoms with Crippen molar-refractivity contribution in [3.63, 3.8) is 0 Å². The summed E-state index contributed by atoms with van der Waals surface area (Å²) in [6.07, 6.45) is 2.91. The molecule has 0 aliphatic carbocycles. The largest absolute Gasteiger partial charge is 0.449 e. The first-order valence-electron chi connectivity index (χ1n) is 3.60. The molecule has 1 N–H and O–H groups in total. The van der Waals surface area contributed by atoms with Gasteiger partial charge in [-0.3, -0.25) is 0 Å². The molecule has 0 aromatic carbocycles. The van der Waals surface area contributed by atoms with Crippen molar-refractivity contribution < 1.29 is 5.02 Å². The van der Waals surface area contributed by atoms with Crippen LogP contribution in [0.4, 0.5) is 0 Å². The highest BCUT2D eigenvalue weighted by Crippen LogP contribution is 1.93. The summed E-state index contributed by atoms with van der Waals surface area (Å²) < 4.78 is 0. The van der Waals surface area contributed by atoms with Gasteiger partial charge in [-0.2, -0.15) is 0 Å². The molecule has 0 unspecified atom stereocenters. The van der Waals surface area contributed by atoms with E-state index < -0.39 is 0 Å². The van der Waals surface area contributed by atoms with E-state index in [1.807, 2.05) is 33.8 Å². The van der Waals surface area contributed by atoms with Crippen LogP contribution in [-0.4, -0.2) is 12.5 Å². The molecule has 0 saturated carbocycles. The fourth-order valence-corrected chi connectivity index (χ4v) is 0.407. The van der Waals surface area contributed by atoms with Gasteiger partial charge in [0.15, 0.2) is 0 Å². The van der Waals surface area contributed by atoms with Gasteiger partial charge >= 0.3 is 0 Å². The molecule has 0 rings (SSSR count). The van der Waals surface area contributed by atoms with E-state index in [4.69, 9.17) is 5.02 Å². The second kappa shape index (κ2) is 10.7. The maximum absolute atomic E-state index is 8.46. The van der Waals surface area contributed by atoms with Crippen LogP contribution in [-0.2, 0) is 0 Å². The Bertz CT molecular complexity index is 63.3. The van der Waals surface area contributed by atoms with Gasteiger partial charge in [-0.25, -0.2) is 0 Å². The summed E-state index contributed by atoms with van der Waals surface area (Å²) in [6.45, 7) is 7.97. The molecule has 0 aliphatic rings. The Kier molecular flexibility index (Phi) is 13.7. The predicted molar refractivity (Wildman–Crippen MR) is 44.8 cm³/mol. The maximum atomic E-state index is 8.46. The smallest absolute Gasteiger partial charge is 0.300 e. The molecule has 0 radical (unpaired) electrons. The number of allylic oxidation sites excluding steroid dienone is 2. The molecule has 0 aliphatic heterocycles. The first-order valence-corrected chi connectivity index (χ1v) is 3.60. The molecule has 0 aromatic heterocycles. The Labute approximate surface area is 59.1 Å². The van der Waals surface area contributed by atoms with Gasteiger partial charge in [-0.05, 0) is 13.3 Å². The average molecular weight is 128 g/mol. The first kappa shape index (κ1) is 11.5. The topological polar surface area (TPSA) is 20.2 Å². The Morgan fingerprint density at radius 2 is 2.00 bits per heavy atom. The van der Waals surface area contributed by atoms with Gasteiger partial charge in [-0.15, -0.1) is 0 Å². The fourth-order valence-electron chi connectivity index (χ4n) is 0.407. The zero-order valence-electron chi connectivity index (χ0n) is 6.94. The SMILES string of the molecule is C/C=C(/BO)CC.CC. The molecule has 0 bridgehead atoms. The lowest BCUT2D eigenvalue weighted by Gasteiger charge is -1.90. The van der Waals surface area contributed by atoms with Crippen molar-refractivity contribution in [2.45, 2.75) is 34.1 Å². The Morgan fingerprint density at radius 3 is 2.00 bits per heavy atom. The maximum Gasteiger partial charge on any atom is 0.300 e. The van der Waals surface area contributed by atoms with Crippen molar-refractivity contribution in [2.75, 3.05) is 0 Å². The van der Waals surface area contributed by atoms with Gasteiger partial charge in [0.2, 0.25) is 0 Å². The summed E-state index contributed by atoms with van der Waals surface area (Å²) in [6, 6.07) is 0. The summed E-state index contributed by atoms with van der Waals surface area (Å²) in [5, 5.41) is 8.46. The molecule has 0 aromatic rings. The van der Waals surface area contributed by atoms with Crippen LogP contribution in [0, 0.1) is 0 Å². The minimum Gasteiger partial charge on any atom is -0.449 e. The van der Waals surface area contributed by atoms with Crippen molar-refractivity contribution in [3.8, 4) is 0 Å². The lowest BCUT2D eigenvalue weighted by Crippen LogP contribution is -1.91.